The molecule has 4 aliphatic rings. The van der Waals surface area contributed by atoms with Crippen molar-refractivity contribution in [2.45, 2.75) is 31.2 Å². The summed E-state index contributed by atoms with van der Waals surface area (Å²) in [6.07, 6.45) is 7.63. The zero-order chi connectivity index (χ0) is 23.1. The Labute approximate surface area is 193 Å². The molecule has 0 amide bonds. The first kappa shape index (κ1) is 20.8. The fourth-order valence-electron chi connectivity index (χ4n) is 6.78. The van der Waals surface area contributed by atoms with Gasteiger partial charge in [0.15, 0.2) is 0 Å². The number of rotatable bonds is 3. The lowest BCUT2D eigenvalue weighted by Gasteiger charge is -2.52. The van der Waals surface area contributed by atoms with Crippen LogP contribution < -0.4 is 16.1 Å². The van der Waals surface area contributed by atoms with Gasteiger partial charge in [-0.2, -0.15) is 0 Å². The number of nitrogens with zero attached hydrogens (tertiary/aromatic N) is 3. The normalized spacial score (nSPS) is 28.9. The van der Waals surface area contributed by atoms with Crippen LogP contribution in [0.1, 0.15) is 41.6 Å². The van der Waals surface area contributed by atoms with Crippen LogP contribution >= 0.6 is 11.3 Å². The van der Waals surface area contributed by atoms with Gasteiger partial charge in [-0.05, 0) is 49.5 Å². The highest BCUT2D eigenvalue weighted by Crippen LogP contribution is 2.54. The molecule has 2 aromatic heterocycles. The third-order valence-corrected chi connectivity index (χ3v) is 9.14. The Hall–Kier alpha value is -2.78. The third-order valence-electron chi connectivity index (χ3n) is 8.26. The SMILES string of the molecule is CN=Cc1c(N2CC3C4CCC(N)(CC4)C3C2)c(F)cc2c(=O)c(C(=O)O)c3sccn3c12. The predicted octanol–water partition coefficient (Wildman–Crippen LogP) is 3.35. The van der Waals surface area contributed by atoms with Crippen LogP contribution in [0.5, 0.6) is 0 Å². The van der Waals surface area contributed by atoms with Crippen molar-refractivity contribution in [2.75, 3.05) is 25.0 Å². The second-order valence-corrected chi connectivity index (χ2v) is 10.6. The maximum atomic E-state index is 15.7. The molecule has 4 fully saturated rings. The Balaban J connectivity index is 1.61. The molecule has 0 spiro atoms. The number of carbonyl (C=O) groups is 1. The molecule has 3 heterocycles. The smallest absolute Gasteiger partial charge is 0.342 e. The van der Waals surface area contributed by atoms with E-state index in [2.05, 4.69) is 9.89 Å². The van der Waals surface area contributed by atoms with Gasteiger partial charge in [0.25, 0.3) is 0 Å². The number of pyridine rings is 1. The van der Waals surface area contributed by atoms with Crippen molar-refractivity contribution >= 4 is 44.9 Å². The quantitative estimate of drug-likeness (QED) is 0.574. The third kappa shape index (κ3) is 2.78. The number of benzene rings is 1. The standard InChI is InChI=1S/C24H25FN4O3S/c1-27-9-14-19-13(21(30)18(23(31)32)22-29(19)6-7-33-22)8-17(25)20(14)28-10-15-12-2-4-24(26,5-3-12)16(15)11-28/h6-9,12,15-16H,2-5,10-11,26H2,1H3,(H,31,32). The van der Waals surface area contributed by atoms with Gasteiger partial charge in [0.05, 0.1) is 16.6 Å². The van der Waals surface area contributed by atoms with E-state index in [0.29, 0.717) is 45.9 Å². The number of anilines is 1. The van der Waals surface area contributed by atoms with Crippen molar-refractivity contribution < 1.29 is 14.3 Å². The van der Waals surface area contributed by atoms with Crippen molar-refractivity contribution in [3.63, 3.8) is 0 Å². The van der Waals surface area contributed by atoms with Gasteiger partial charge in [-0.25, -0.2) is 9.18 Å². The van der Waals surface area contributed by atoms with E-state index < -0.39 is 17.2 Å². The van der Waals surface area contributed by atoms with Crippen LogP contribution in [-0.2, 0) is 0 Å². The molecule has 172 valence electrons. The second-order valence-electron chi connectivity index (χ2n) is 9.74. The van der Waals surface area contributed by atoms with Crippen molar-refractivity contribution in [1.29, 1.82) is 0 Å². The van der Waals surface area contributed by atoms with Crippen LogP contribution in [0.25, 0.3) is 15.7 Å². The molecule has 0 radical (unpaired) electrons. The number of halogens is 1. The number of thiazole rings is 1. The van der Waals surface area contributed by atoms with Gasteiger partial charge in [-0.15, -0.1) is 11.3 Å². The molecule has 3 saturated carbocycles. The maximum absolute atomic E-state index is 15.7. The van der Waals surface area contributed by atoms with Gasteiger partial charge in [0, 0.05) is 49.0 Å². The van der Waals surface area contributed by atoms with Crippen molar-refractivity contribution in [2.24, 2.45) is 28.5 Å². The number of hydrogen-bond donors (Lipinski definition) is 2. The maximum Gasteiger partial charge on any atom is 0.342 e. The molecule has 2 bridgehead atoms. The largest absolute Gasteiger partial charge is 0.477 e. The summed E-state index contributed by atoms with van der Waals surface area (Å²) in [7, 11) is 1.61. The molecule has 3 aliphatic carbocycles. The molecular formula is C24H25FN4O3S. The molecule has 33 heavy (non-hydrogen) atoms. The highest BCUT2D eigenvalue weighted by atomic mass is 32.1. The topological polar surface area (TPSA) is 100 Å². The monoisotopic (exact) mass is 468 g/mol. The van der Waals surface area contributed by atoms with E-state index in [9.17, 15) is 14.7 Å². The minimum Gasteiger partial charge on any atom is -0.477 e. The number of aliphatic imine (C=N–C) groups is 1. The Bertz CT molecular complexity index is 1400. The Morgan fingerprint density at radius 3 is 2.79 bits per heavy atom. The summed E-state index contributed by atoms with van der Waals surface area (Å²) < 4.78 is 17.4. The summed E-state index contributed by atoms with van der Waals surface area (Å²) in [5.41, 5.74) is 7.05. The van der Waals surface area contributed by atoms with Gasteiger partial charge in [0.2, 0.25) is 5.43 Å². The van der Waals surface area contributed by atoms with Gasteiger partial charge in [-0.1, -0.05) is 0 Å². The van der Waals surface area contributed by atoms with E-state index in [1.807, 2.05) is 0 Å². The summed E-state index contributed by atoms with van der Waals surface area (Å²) in [4.78, 5) is 31.6. The molecular weight excluding hydrogens is 443 g/mol. The van der Waals surface area contributed by atoms with Gasteiger partial charge in [0.1, 0.15) is 16.2 Å². The number of aromatic nitrogens is 1. The highest BCUT2D eigenvalue weighted by Gasteiger charge is 2.55. The number of fused-ring (bicyclic) bond motifs is 5. The molecule has 2 unspecified atom stereocenters. The first-order chi connectivity index (χ1) is 15.8. The number of carboxylic acid groups (broad SMARTS) is 1. The molecule has 1 aromatic carbocycles. The van der Waals surface area contributed by atoms with Crippen molar-refractivity contribution in [3.05, 3.63) is 44.8 Å². The summed E-state index contributed by atoms with van der Waals surface area (Å²) in [5, 5.41) is 11.4. The van der Waals surface area contributed by atoms with Gasteiger partial charge < -0.3 is 20.1 Å². The van der Waals surface area contributed by atoms with Gasteiger partial charge >= 0.3 is 5.97 Å². The average Bonchev–Trinajstić information content (AvgIpc) is 3.43. The minimum atomic E-state index is -1.32. The van der Waals surface area contributed by atoms with Crippen LogP contribution in [0.2, 0.25) is 0 Å². The lowest BCUT2D eigenvalue weighted by Crippen LogP contribution is -2.58. The Morgan fingerprint density at radius 1 is 1.36 bits per heavy atom. The van der Waals surface area contributed by atoms with E-state index in [1.165, 1.54) is 17.4 Å². The molecule has 3 N–H and O–H groups in total. The molecule has 2 atom stereocenters. The number of hydrogen-bond acceptors (Lipinski definition) is 6. The lowest BCUT2D eigenvalue weighted by molar-refractivity contribution is 0.0318. The van der Waals surface area contributed by atoms with E-state index in [0.717, 1.165) is 32.2 Å². The zero-order valence-electron chi connectivity index (χ0n) is 18.3. The molecule has 9 heteroatoms. The summed E-state index contributed by atoms with van der Waals surface area (Å²) >= 11 is 1.18. The van der Waals surface area contributed by atoms with E-state index in [-0.39, 0.29) is 16.5 Å². The van der Waals surface area contributed by atoms with Crippen LogP contribution in [0, 0.1) is 23.6 Å². The zero-order valence-corrected chi connectivity index (χ0v) is 19.1. The van der Waals surface area contributed by atoms with E-state index in [1.54, 1.807) is 29.2 Å². The van der Waals surface area contributed by atoms with Crippen molar-refractivity contribution in [1.82, 2.24) is 4.40 Å². The molecule has 3 aromatic rings. The average molecular weight is 469 g/mol. The summed E-state index contributed by atoms with van der Waals surface area (Å²) in [6, 6.07) is 1.20. The summed E-state index contributed by atoms with van der Waals surface area (Å²) in [6.45, 7) is 1.41. The van der Waals surface area contributed by atoms with Crippen molar-refractivity contribution in [3.8, 4) is 0 Å². The van der Waals surface area contributed by atoms with Gasteiger partial charge in [-0.3, -0.25) is 9.79 Å². The van der Waals surface area contributed by atoms with Crippen LogP contribution in [-0.4, -0.2) is 47.4 Å². The van der Waals surface area contributed by atoms with Crippen LogP contribution in [0.3, 0.4) is 0 Å². The fraction of sp³-hybridized carbons (Fsp3) is 0.458. The molecule has 1 aliphatic heterocycles. The first-order valence-electron chi connectivity index (χ1n) is 11.3. The highest BCUT2D eigenvalue weighted by molar-refractivity contribution is 7.16. The van der Waals surface area contributed by atoms with Crippen LogP contribution in [0.4, 0.5) is 10.1 Å². The lowest BCUT2D eigenvalue weighted by atomic mass is 9.56. The first-order valence-corrected chi connectivity index (χ1v) is 12.2. The van der Waals surface area contributed by atoms with E-state index >= 15 is 4.39 Å². The number of aromatic carboxylic acids is 1. The summed E-state index contributed by atoms with van der Waals surface area (Å²) in [5.74, 6) is -0.453. The molecule has 1 saturated heterocycles. The second kappa shape index (κ2) is 7.11. The minimum absolute atomic E-state index is 0.0476. The fourth-order valence-corrected chi connectivity index (χ4v) is 7.66. The Morgan fingerprint density at radius 2 is 2.12 bits per heavy atom. The number of carboxylic acids is 1. The van der Waals surface area contributed by atoms with E-state index in [4.69, 9.17) is 5.73 Å². The molecule has 7 nitrogen and oxygen atoms in total. The number of nitrogens with two attached hydrogens (primary N) is 1. The predicted molar refractivity (Wildman–Crippen MR) is 128 cm³/mol. The van der Waals surface area contributed by atoms with Crippen LogP contribution in [0.15, 0.2) is 27.4 Å². The molecule has 7 rings (SSSR count). The Kier molecular flexibility index (Phi) is 4.48.